The number of hydrogen-bond donors (Lipinski definition) is 0. The molecule has 2 bridgehead atoms. The van der Waals surface area contributed by atoms with E-state index in [2.05, 4.69) is 0 Å². The zero-order valence-corrected chi connectivity index (χ0v) is 15.3. The van der Waals surface area contributed by atoms with Crippen molar-refractivity contribution in [1.82, 2.24) is 0 Å². The minimum atomic E-state index is -1.20. The average Bonchev–Trinajstić information content (AvgIpc) is 2.98. The smallest absolute Gasteiger partial charge is 0.304 e. The molecule has 6 atom stereocenters. The van der Waals surface area contributed by atoms with Crippen molar-refractivity contribution in [3.63, 3.8) is 0 Å². The highest BCUT2D eigenvalue weighted by molar-refractivity contribution is 14.1. The molecule has 6 nitrogen and oxygen atoms in total. The van der Waals surface area contributed by atoms with Crippen LogP contribution in [0.25, 0.3) is 0 Å². The summed E-state index contributed by atoms with van der Waals surface area (Å²) in [6.45, 7) is 4.72. The van der Waals surface area contributed by atoms with E-state index in [-0.39, 0.29) is 23.6 Å². The van der Waals surface area contributed by atoms with Gasteiger partial charge < -0.3 is 14.2 Å². The van der Waals surface area contributed by atoms with Crippen LogP contribution in [0.2, 0.25) is 0 Å². The van der Waals surface area contributed by atoms with Crippen molar-refractivity contribution in [3.8, 4) is 0 Å². The molecule has 2 aliphatic heterocycles. The highest BCUT2D eigenvalue weighted by Gasteiger charge is 2.58. The second kappa shape index (κ2) is 6.52. The Morgan fingerprint density at radius 1 is 1.41 bits per heavy atom. The molecule has 124 valence electrons. The Morgan fingerprint density at radius 3 is 2.59 bits per heavy atom. The molecule has 0 aromatic carbocycles. The van der Waals surface area contributed by atoms with Crippen molar-refractivity contribution in [3.05, 3.63) is 0 Å². The van der Waals surface area contributed by atoms with E-state index >= 15 is 0 Å². The summed E-state index contributed by atoms with van der Waals surface area (Å²) in [6.07, 6.45) is -0.353. The van der Waals surface area contributed by atoms with Crippen LogP contribution < -0.4 is 0 Å². The lowest BCUT2D eigenvalue weighted by atomic mass is 9.75. The first-order valence-corrected chi connectivity index (χ1v) is 8.55. The van der Waals surface area contributed by atoms with Gasteiger partial charge in [-0.2, -0.15) is 0 Å². The van der Waals surface area contributed by atoms with Crippen LogP contribution in [0.5, 0.6) is 0 Å². The highest BCUT2D eigenvalue weighted by Crippen LogP contribution is 2.45. The number of ether oxygens (including phenoxy) is 3. The van der Waals surface area contributed by atoms with Gasteiger partial charge in [0, 0.05) is 20.0 Å². The topological polar surface area (TPSA) is 78.9 Å². The highest BCUT2D eigenvalue weighted by atomic mass is 127. The average molecular weight is 424 g/mol. The zero-order valence-electron chi connectivity index (χ0n) is 13.1. The van der Waals surface area contributed by atoms with Crippen LogP contribution >= 0.6 is 22.6 Å². The van der Waals surface area contributed by atoms with E-state index in [9.17, 15) is 14.4 Å². The molecular formula is C15H21IO6. The zero-order chi connectivity index (χ0) is 16.7. The van der Waals surface area contributed by atoms with Crippen LogP contribution in [0.3, 0.4) is 0 Å². The van der Waals surface area contributed by atoms with Crippen molar-refractivity contribution < 1.29 is 28.6 Å². The van der Waals surface area contributed by atoms with Crippen LogP contribution in [0.15, 0.2) is 0 Å². The third kappa shape index (κ3) is 2.82. The molecule has 2 rings (SSSR count). The van der Waals surface area contributed by atoms with Gasteiger partial charge in [-0.05, 0) is 19.8 Å². The predicted molar refractivity (Wildman–Crippen MR) is 85.6 cm³/mol. The van der Waals surface area contributed by atoms with Crippen LogP contribution in [0.1, 0.15) is 33.6 Å². The van der Waals surface area contributed by atoms with E-state index in [0.29, 0.717) is 12.8 Å². The standard InChI is InChI=1S/C15H21IO6/c1-7-9-5-6-10(22-9)15(3,13(19)11(16)12(7)18)14(20-4)21-8(2)17/h7,9-11,14H,5-6H2,1-4H3/t7-,9+,10-,11-,14+,15-/m1/s1. The number of rotatable bonds is 3. The van der Waals surface area contributed by atoms with Gasteiger partial charge in [0.2, 0.25) is 6.29 Å². The molecule has 0 aliphatic carbocycles. The normalized spacial score (nSPS) is 40.0. The van der Waals surface area contributed by atoms with E-state index in [1.165, 1.54) is 14.0 Å². The quantitative estimate of drug-likeness (QED) is 0.226. The maximum atomic E-state index is 13.0. The molecule has 0 amide bonds. The van der Waals surface area contributed by atoms with Gasteiger partial charge in [-0.1, -0.05) is 29.5 Å². The van der Waals surface area contributed by atoms with Gasteiger partial charge in [0.1, 0.15) is 9.34 Å². The lowest BCUT2D eigenvalue weighted by molar-refractivity contribution is -0.219. The molecule has 0 spiro atoms. The Hall–Kier alpha value is -0.540. The first-order chi connectivity index (χ1) is 10.2. The monoisotopic (exact) mass is 424 g/mol. The Balaban J connectivity index is 2.44. The Bertz CT molecular complexity index is 492. The predicted octanol–water partition coefficient (Wildman–Crippen LogP) is 1.67. The van der Waals surface area contributed by atoms with Gasteiger partial charge in [0.25, 0.3) is 0 Å². The minimum Gasteiger partial charge on any atom is -0.435 e. The first kappa shape index (κ1) is 17.8. The number of methoxy groups -OCH3 is 1. The van der Waals surface area contributed by atoms with Crippen molar-refractivity contribution in [2.45, 2.75) is 56.0 Å². The molecule has 2 fully saturated rings. The SMILES string of the molecule is CO[C@@H](OC(C)=O)[C@@]1(C)C(=O)[C@H](I)C(=O)[C@H](C)[C@@H]2CC[C@H]1O2. The lowest BCUT2D eigenvalue weighted by Gasteiger charge is -2.41. The molecular weight excluding hydrogens is 403 g/mol. The fourth-order valence-corrected chi connectivity index (χ4v) is 4.52. The number of Topliss-reactive ketones (excluding diaryl/α,β-unsaturated/α-hetero) is 2. The fraction of sp³-hybridized carbons (Fsp3) is 0.800. The van der Waals surface area contributed by atoms with E-state index < -0.39 is 27.7 Å². The molecule has 7 heteroatoms. The summed E-state index contributed by atoms with van der Waals surface area (Å²) in [7, 11) is 1.38. The van der Waals surface area contributed by atoms with Crippen LogP contribution in [-0.2, 0) is 28.6 Å². The second-order valence-electron chi connectivity index (χ2n) is 6.12. The number of esters is 1. The van der Waals surface area contributed by atoms with Gasteiger partial charge >= 0.3 is 5.97 Å². The fourth-order valence-electron chi connectivity index (χ4n) is 3.28. The van der Waals surface area contributed by atoms with Gasteiger partial charge in [0.05, 0.1) is 12.2 Å². The van der Waals surface area contributed by atoms with E-state index in [4.69, 9.17) is 14.2 Å². The molecule has 2 saturated heterocycles. The third-order valence-electron chi connectivity index (χ3n) is 4.72. The summed E-state index contributed by atoms with van der Waals surface area (Å²) < 4.78 is 15.6. The number of halogens is 1. The molecule has 0 aromatic rings. The summed E-state index contributed by atoms with van der Waals surface area (Å²) in [4.78, 5) is 36.8. The molecule has 2 aliphatic rings. The first-order valence-electron chi connectivity index (χ1n) is 7.31. The van der Waals surface area contributed by atoms with Crippen molar-refractivity contribution in [1.29, 1.82) is 0 Å². The molecule has 2 heterocycles. The van der Waals surface area contributed by atoms with Crippen molar-refractivity contribution in [2.24, 2.45) is 11.3 Å². The molecule has 0 aromatic heterocycles. The van der Waals surface area contributed by atoms with E-state index in [0.717, 1.165) is 0 Å². The van der Waals surface area contributed by atoms with Crippen LogP contribution in [-0.4, -0.2) is 47.1 Å². The van der Waals surface area contributed by atoms with Crippen LogP contribution in [0, 0.1) is 11.3 Å². The Labute approximate surface area is 143 Å². The largest absolute Gasteiger partial charge is 0.435 e. The van der Waals surface area contributed by atoms with Gasteiger partial charge in [0.15, 0.2) is 11.6 Å². The summed E-state index contributed by atoms with van der Waals surface area (Å²) >= 11 is 1.87. The summed E-state index contributed by atoms with van der Waals surface area (Å²) in [5.41, 5.74) is -1.20. The van der Waals surface area contributed by atoms with Crippen LogP contribution in [0.4, 0.5) is 0 Å². The Morgan fingerprint density at radius 2 is 2.05 bits per heavy atom. The van der Waals surface area contributed by atoms with E-state index in [1.54, 1.807) is 13.8 Å². The molecule has 0 saturated carbocycles. The van der Waals surface area contributed by atoms with Crippen molar-refractivity contribution in [2.75, 3.05) is 7.11 Å². The minimum absolute atomic E-state index is 0.139. The van der Waals surface area contributed by atoms with Gasteiger partial charge in [-0.25, -0.2) is 0 Å². The number of hydrogen-bond acceptors (Lipinski definition) is 6. The maximum absolute atomic E-state index is 13.0. The molecule has 0 unspecified atom stereocenters. The number of alkyl halides is 1. The van der Waals surface area contributed by atoms with Gasteiger partial charge in [-0.3, -0.25) is 14.4 Å². The number of carbonyl (C=O) groups is 3. The summed E-state index contributed by atoms with van der Waals surface area (Å²) in [5.74, 6) is -1.29. The molecule has 22 heavy (non-hydrogen) atoms. The summed E-state index contributed by atoms with van der Waals surface area (Å²) in [5, 5.41) is 0. The van der Waals surface area contributed by atoms with E-state index in [1.807, 2.05) is 22.6 Å². The molecule has 0 N–H and O–H groups in total. The number of carbonyl (C=O) groups excluding carboxylic acids is 3. The third-order valence-corrected chi connectivity index (χ3v) is 5.89. The molecule has 0 radical (unpaired) electrons. The number of ketones is 2. The summed E-state index contributed by atoms with van der Waals surface area (Å²) in [6, 6.07) is 0. The maximum Gasteiger partial charge on any atom is 0.304 e. The Kier molecular flexibility index (Phi) is 5.28. The van der Waals surface area contributed by atoms with Gasteiger partial charge in [-0.15, -0.1) is 0 Å². The number of fused-ring (bicyclic) bond motifs is 2. The second-order valence-corrected chi connectivity index (χ2v) is 7.36. The lowest BCUT2D eigenvalue weighted by Crippen LogP contribution is -2.57. The van der Waals surface area contributed by atoms with Crippen molar-refractivity contribution >= 4 is 40.1 Å².